The van der Waals surface area contributed by atoms with Gasteiger partial charge in [-0.1, -0.05) is 33.6 Å². The summed E-state index contributed by atoms with van der Waals surface area (Å²) in [6, 6.07) is 11.2. The number of halogens is 2. The first-order valence-corrected chi connectivity index (χ1v) is 6.87. The van der Waals surface area contributed by atoms with Gasteiger partial charge < -0.3 is 4.74 Å². The Hall–Kier alpha value is -1.59. The van der Waals surface area contributed by atoms with Crippen molar-refractivity contribution in [1.29, 1.82) is 0 Å². The molecule has 19 heavy (non-hydrogen) atoms. The Kier molecular flexibility index (Phi) is 4.39. The molecule has 98 valence electrons. The van der Waals surface area contributed by atoms with Gasteiger partial charge in [0.1, 0.15) is 11.5 Å². The molecule has 4 nitrogen and oxygen atoms in total. The van der Waals surface area contributed by atoms with Gasteiger partial charge in [-0.3, -0.25) is 10.1 Å². The Balaban J connectivity index is 2.25. The Morgan fingerprint density at radius 2 is 1.89 bits per heavy atom. The molecule has 0 bridgehead atoms. The van der Waals surface area contributed by atoms with Crippen LogP contribution in [0.4, 0.5) is 5.69 Å². The van der Waals surface area contributed by atoms with E-state index in [1.54, 1.807) is 24.3 Å². The van der Waals surface area contributed by atoms with E-state index in [1.807, 2.05) is 6.07 Å². The van der Waals surface area contributed by atoms with Crippen molar-refractivity contribution in [3.63, 3.8) is 0 Å². The van der Waals surface area contributed by atoms with E-state index >= 15 is 0 Å². The predicted molar refractivity (Wildman–Crippen MR) is 77.3 cm³/mol. The van der Waals surface area contributed by atoms with E-state index in [2.05, 4.69) is 15.9 Å². The maximum Gasteiger partial charge on any atom is 0.269 e. The normalized spacial score (nSPS) is 10.2. The maximum atomic E-state index is 10.6. The zero-order chi connectivity index (χ0) is 13.8. The van der Waals surface area contributed by atoms with Gasteiger partial charge in [0.2, 0.25) is 0 Å². The lowest BCUT2D eigenvalue weighted by Gasteiger charge is -2.09. The molecular formula is C13H9BrClNO3. The van der Waals surface area contributed by atoms with Gasteiger partial charge in [-0.2, -0.15) is 0 Å². The molecule has 2 aromatic carbocycles. The molecule has 0 aliphatic rings. The molecule has 0 radical (unpaired) electrons. The molecule has 6 heteroatoms. The molecule has 2 rings (SSSR count). The average molecular weight is 343 g/mol. The lowest BCUT2D eigenvalue weighted by Crippen LogP contribution is -1.91. The Bertz CT molecular complexity index is 601. The Morgan fingerprint density at radius 3 is 2.47 bits per heavy atom. The number of hydrogen-bond donors (Lipinski definition) is 0. The molecule has 0 amide bonds. The zero-order valence-electron chi connectivity index (χ0n) is 9.68. The monoisotopic (exact) mass is 341 g/mol. The van der Waals surface area contributed by atoms with Crippen LogP contribution in [0.2, 0.25) is 5.02 Å². The van der Waals surface area contributed by atoms with E-state index in [0.29, 0.717) is 21.9 Å². The smallest absolute Gasteiger partial charge is 0.269 e. The molecule has 0 saturated heterocycles. The second-order valence-corrected chi connectivity index (χ2v) is 4.74. The molecule has 0 spiro atoms. The summed E-state index contributed by atoms with van der Waals surface area (Å²) in [7, 11) is 0. The van der Waals surface area contributed by atoms with Crippen LogP contribution in [0.15, 0.2) is 42.5 Å². The van der Waals surface area contributed by atoms with Crippen molar-refractivity contribution in [3.8, 4) is 11.5 Å². The van der Waals surface area contributed by atoms with Gasteiger partial charge in [-0.25, -0.2) is 0 Å². The average Bonchev–Trinajstić information content (AvgIpc) is 2.39. The third kappa shape index (κ3) is 3.45. The molecule has 0 heterocycles. The summed E-state index contributed by atoms with van der Waals surface area (Å²) < 4.78 is 5.68. The summed E-state index contributed by atoms with van der Waals surface area (Å²) in [6.45, 7) is 0. The van der Waals surface area contributed by atoms with Crippen LogP contribution < -0.4 is 4.74 Å². The van der Waals surface area contributed by atoms with E-state index in [9.17, 15) is 10.1 Å². The molecule has 0 aliphatic carbocycles. The van der Waals surface area contributed by atoms with Crippen LogP contribution in [0.5, 0.6) is 11.5 Å². The fraction of sp³-hybridized carbons (Fsp3) is 0.0769. The number of hydrogen-bond acceptors (Lipinski definition) is 3. The Morgan fingerprint density at radius 1 is 1.21 bits per heavy atom. The van der Waals surface area contributed by atoms with Crippen LogP contribution in [-0.2, 0) is 5.33 Å². The number of non-ortho nitro benzene ring substituents is 1. The second kappa shape index (κ2) is 6.04. The lowest BCUT2D eigenvalue weighted by molar-refractivity contribution is -0.384. The van der Waals surface area contributed by atoms with Crippen molar-refractivity contribution in [2.45, 2.75) is 5.33 Å². The van der Waals surface area contributed by atoms with E-state index in [0.717, 1.165) is 5.56 Å². The summed E-state index contributed by atoms with van der Waals surface area (Å²) in [4.78, 5) is 10.1. The fourth-order valence-electron chi connectivity index (χ4n) is 1.50. The van der Waals surface area contributed by atoms with Crippen LogP contribution in [-0.4, -0.2) is 4.92 Å². The molecule has 0 aliphatic heterocycles. The zero-order valence-corrected chi connectivity index (χ0v) is 12.0. The number of rotatable bonds is 4. The predicted octanol–water partition coefficient (Wildman–Crippen LogP) is 4.94. The highest BCUT2D eigenvalue weighted by atomic mass is 79.9. The van der Waals surface area contributed by atoms with E-state index in [1.165, 1.54) is 12.1 Å². The minimum atomic E-state index is -0.451. The van der Waals surface area contributed by atoms with E-state index in [-0.39, 0.29) is 5.69 Å². The van der Waals surface area contributed by atoms with E-state index in [4.69, 9.17) is 16.3 Å². The van der Waals surface area contributed by atoms with Crippen molar-refractivity contribution < 1.29 is 9.66 Å². The number of nitro benzene ring substituents is 1. The van der Waals surface area contributed by atoms with Crippen molar-refractivity contribution in [1.82, 2.24) is 0 Å². The van der Waals surface area contributed by atoms with Crippen molar-refractivity contribution in [2.75, 3.05) is 0 Å². The molecular weight excluding hydrogens is 334 g/mol. The minimum Gasteiger partial charge on any atom is -0.457 e. The van der Waals surface area contributed by atoms with Crippen LogP contribution >= 0.6 is 27.5 Å². The van der Waals surface area contributed by atoms with Gasteiger partial charge in [-0.05, 0) is 24.3 Å². The van der Waals surface area contributed by atoms with Gasteiger partial charge in [0.15, 0.2) is 0 Å². The highest BCUT2D eigenvalue weighted by Gasteiger charge is 2.08. The molecule has 0 N–H and O–H groups in total. The van der Waals surface area contributed by atoms with Gasteiger partial charge in [0, 0.05) is 28.0 Å². The summed E-state index contributed by atoms with van der Waals surface area (Å²) >= 11 is 9.29. The number of ether oxygens (including phenoxy) is 1. The largest absolute Gasteiger partial charge is 0.457 e. The first kappa shape index (κ1) is 13.8. The molecule has 0 saturated carbocycles. The third-order valence-electron chi connectivity index (χ3n) is 2.45. The van der Waals surface area contributed by atoms with Gasteiger partial charge in [-0.15, -0.1) is 0 Å². The molecule has 0 aromatic heterocycles. The highest BCUT2D eigenvalue weighted by Crippen LogP contribution is 2.30. The van der Waals surface area contributed by atoms with Gasteiger partial charge >= 0.3 is 0 Å². The standard InChI is InChI=1S/C13H9BrClNO3/c14-8-9-1-2-10(15)7-13(9)19-12-5-3-11(4-6-12)16(17)18/h1-7H,8H2. The summed E-state index contributed by atoms with van der Waals surface area (Å²) in [5.41, 5.74) is 0.974. The summed E-state index contributed by atoms with van der Waals surface area (Å²) in [6.07, 6.45) is 0. The SMILES string of the molecule is O=[N+]([O-])c1ccc(Oc2cc(Cl)ccc2CBr)cc1. The van der Waals surface area contributed by atoms with Crippen LogP contribution in [0.1, 0.15) is 5.56 Å². The summed E-state index contributed by atoms with van der Waals surface area (Å²) in [5.74, 6) is 1.15. The summed E-state index contributed by atoms with van der Waals surface area (Å²) in [5, 5.41) is 11.8. The van der Waals surface area contributed by atoms with Crippen molar-refractivity contribution in [2.24, 2.45) is 0 Å². The number of nitro groups is 1. The Labute approximate surface area is 123 Å². The van der Waals surface area contributed by atoms with E-state index < -0.39 is 4.92 Å². The lowest BCUT2D eigenvalue weighted by atomic mass is 10.2. The maximum absolute atomic E-state index is 10.6. The van der Waals surface area contributed by atoms with Crippen molar-refractivity contribution in [3.05, 3.63) is 63.2 Å². The second-order valence-electron chi connectivity index (χ2n) is 3.74. The fourth-order valence-corrected chi connectivity index (χ4v) is 2.12. The number of nitrogens with zero attached hydrogens (tertiary/aromatic N) is 1. The first-order chi connectivity index (χ1) is 9.10. The number of alkyl halides is 1. The van der Waals surface area contributed by atoms with Crippen LogP contribution in [0, 0.1) is 10.1 Å². The molecule has 0 fully saturated rings. The molecule has 2 aromatic rings. The number of benzene rings is 2. The van der Waals surface area contributed by atoms with Crippen LogP contribution in [0.3, 0.4) is 0 Å². The molecule has 0 unspecified atom stereocenters. The molecule has 0 atom stereocenters. The quantitative estimate of drug-likeness (QED) is 0.449. The van der Waals surface area contributed by atoms with Gasteiger partial charge in [0.25, 0.3) is 5.69 Å². The topological polar surface area (TPSA) is 52.4 Å². The highest BCUT2D eigenvalue weighted by molar-refractivity contribution is 9.08. The van der Waals surface area contributed by atoms with Crippen molar-refractivity contribution >= 4 is 33.2 Å². The first-order valence-electron chi connectivity index (χ1n) is 5.37. The van der Waals surface area contributed by atoms with Crippen LogP contribution in [0.25, 0.3) is 0 Å². The third-order valence-corrected chi connectivity index (χ3v) is 3.29. The minimum absolute atomic E-state index is 0.0270. The van der Waals surface area contributed by atoms with Gasteiger partial charge in [0.05, 0.1) is 4.92 Å².